The molecule has 0 bridgehead atoms. The van der Waals surface area contributed by atoms with Gasteiger partial charge in [-0.15, -0.1) is 0 Å². The van der Waals surface area contributed by atoms with Gasteiger partial charge in [-0.1, -0.05) is 77.7 Å². The molecule has 0 heteroatoms. The van der Waals surface area contributed by atoms with E-state index in [-0.39, 0.29) is 0 Å². The number of hydrogen-bond acceptors (Lipinski definition) is 0. The van der Waals surface area contributed by atoms with E-state index >= 15 is 0 Å². The molecule has 0 aliphatic heterocycles. The van der Waals surface area contributed by atoms with Gasteiger partial charge in [0.05, 0.1) is 0 Å². The molecule has 0 aliphatic rings. The van der Waals surface area contributed by atoms with Gasteiger partial charge in [-0.2, -0.15) is 0 Å². The smallest absolute Gasteiger partial charge is 0.0311 e. The molecule has 0 aromatic heterocycles. The minimum atomic E-state index is 0.819. The van der Waals surface area contributed by atoms with Crippen LogP contribution in [0.25, 0.3) is 0 Å². The minimum absolute atomic E-state index is 0.819. The Morgan fingerprint density at radius 2 is 1.71 bits per heavy atom. The van der Waals surface area contributed by atoms with Gasteiger partial charge in [-0.25, -0.2) is 0 Å². The van der Waals surface area contributed by atoms with E-state index in [2.05, 4.69) is 40.3 Å². The van der Waals surface area contributed by atoms with Crippen molar-refractivity contribution >= 4 is 0 Å². The summed E-state index contributed by atoms with van der Waals surface area (Å²) in [6.45, 7) is 13.1. The molecule has 1 unspecified atom stereocenters. The zero-order valence-electron chi connectivity index (χ0n) is 12.5. The predicted molar refractivity (Wildman–Crippen MR) is 80.3 cm³/mol. The van der Waals surface area contributed by atoms with E-state index in [1.165, 1.54) is 44.1 Å². The molecule has 0 amide bonds. The molecule has 0 aromatic rings. The Kier molecular flexibility index (Phi) is 10.3. The van der Waals surface area contributed by atoms with Crippen LogP contribution in [0.1, 0.15) is 72.6 Å². The second-order valence-electron chi connectivity index (χ2n) is 5.36. The van der Waals surface area contributed by atoms with Crippen LogP contribution in [-0.2, 0) is 0 Å². The Balaban J connectivity index is 4.07. The largest absolute Gasteiger partial charge is 0.0988 e. The lowest BCUT2D eigenvalue weighted by atomic mass is 9.87. The summed E-state index contributed by atoms with van der Waals surface area (Å²) in [4.78, 5) is 0. The minimum Gasteiger partial charge on any atom is -0.0988 e. The van der Waals surface area contributed by atoms with Crippen LogP contribution in [-0.4, -0.2) is 0 Å². The van der Waals surface area contributed by atoms with E-state index in [0.29, 0.717) is 0 Å². The highest BCUT2D eigenvalue weighted by molar-refractivity contribution is 5.15. The highest BCUT2D eigenvalue weighted by Crippen LogP contribution is 2.24. The number of rotatable bonds is 10. The Morgan fingerprint density at radius 1 is 1.12 bits per heavy atom. The molecule has 0 N–H and O–H groups in total. The van der Waals surface area contributed by atoms with Crippen molar-refractivity contribution in [2.75, 3.05) is 0 Å². The normalized spacial score (nSPS) is 14.1. The summed E-state index contributed by atoms with van der Waals surface area (Å²) in [5.41, 5.74) is 1.40. The van der Waals surface area contributed by atoms with Gasteiger partial charge in [0, 0.05) is 0 Å². The quantitative estimate of drug-likeness (QED) is 0.399. The van der Waals surface area contributed by atoms with Crippen molar-refractivity contribution < 1.29 is 0 Å². The van der Waals surface area contributed by atoms with Gasteiger partial charge in [-0.05, 0) is 31.1 Å². The highest BCUT2D eigenvalue weighted by Gasteiger charge is 2.11. The van der Waals surface area contributed by atoms with Crippen LogP contribution in [0.2, 0.25) is 0 Å². The fraction of sp³-hybridized carbons (Fsp3) is 0.765. The lowest BCUT2D eigenvalue weighted by molar-refractivity contribution is 0.346. The first-order chi connectivity index (χ1) is 8.17. The summed E-state index contributed by atoms with van der Waals surface area (Å²) in [6.07, 6.45) is 13.6. The fourth-order valence-corrected chi connectivity index (χ4v) is 2.59. The van der Waals surface area contributed by atoms with Crippen LogP contribution in [0.5, 0.6) is 0 Å². The first kappa shape index (κ1) is 16.5. The lowest BCUT2D eigenvalue weighted by Gasteiger charge is -2.19. The monoisotopic (exact) mass is 236 g/mol. The zero-order valence-corrected chi connectivity index (χ0v) is 12.5. The second-order valence-corrected chi connectivity index (χ2v) is 5.36. The van der Waals surface area contributed by atoms with E-state index in [1.54, 1.807) is 0 Å². The van der Waals surface area contributed by atoms with Gasteiger partial charge in [0.1, 0.15) is 0 Å². The van der Waals surface area contributed by atoms with E-state index in [9.17, 15) is 0 Å². The van der Waals surface area contributed by atoms with E-state index < -0.39 is 0 Å². The van der Waals surface area contributed by atoms with Crippen LogP contribution >= 0.6 is 0 Å². The van der Waals surface area contributed by atoms with Crippen molar-refractivity contribution in [1.29, 1.82) is 0 Å². The van der Waals surface area contributed by atoms with Crippen LogP contribution in [0.4, 0.5) is 0 Å². The summed E-state index contributed by atoms with van der Waals surface area (Å²) in [5, 5.41) is 0. The third-order valence-electron chi connectivity index (χ3n) is 3.58. The van der Waals surface area contributed by atoms with Crippen molar-refractivity contribution in [3.05, 3.63) is 24.3 Å². The van der Waals surface area contributed by atoms with Gasteiger partial charge < -0.3 is 0 Å². The molecule has 100 valence electrons. The molecule has 0 radical (unpaired) electrons. The molecule has 0 saturated carbocycles. The molecule has 0 saturated heterocycles. The molecule has 0 nitrogen and oxygen atoms in total. The Bertz CT molecular complexity index is 206. The number of hydrogen-bond donors (Lipinski definition) is 0. The third kappa shape index (κ3) is 8.24. The molecule has 1 atom stereocenters. The van der Waals surface area contributed by atoms with E-state index in [1.807, 2.05) is 6.08 Å². The van der Waals surface area contributed by atoms with Crippen LogP contribution in [0.3, 0.4) is 0 Å². The molecule has 0 heterocycles. The van der Waals surface area contributed by atoms with Gasteiger partial charge in [0.25, 0.3) is 0 Å². The van der Waals surface area contributed by atoms with E-state index in [4.69, 9.17) is 0 Å². The molecular formula is C17H32. The first-order valence-electron chi connectivity index (χ1n) is 7.49. The van der Waals surface area contributed by atoms with Crippen LogP contribution in [0.15, 0.2) is 24.3 Å². The standard InChI is InChI=1S/C17H32/c1-6-10-17(11-7-2)14-15(5)12-13-16(8-3)9-4/h8,13,15,17H,3,6-7,9-12,14H2,1-2,4-5H3. The average molecular weight is 236 g/mol. The molecule has 0 rings (SSSR count). The Labute approximate surface area is 109 Å². The summed E-state index contributed by atoms with van der Waals surface area (Å²) in [5.74, 6) is 1.77. The van der Waals surface area contributed by atoms with Crippen molar-refractivity contribution in [2.24, 2.45) is 11.8 Å². The molecule has 0 aromatic carbocycles. The Morgan fingerprint density at radius 3 is 2.12 bits per heavy atom. The maximum absolute atomic E-state index is 3.86. The van der Waals surface area contributed by atoms with Crippen molar-refractivity contribution in [1.82, 2.24) is 0 Å². The Hall–Kier alpha value is -0.520. The molecule has 17 heavy (non-hydrogen) atoms. The average Bonchev–Trinajstić information content (AvgIpc) is 2.31. The molecule has 0 spiro atoms. The van der Waals surface area contributed by atoms with E-state index in [0.717, 1.165) is 18.3 Å². The van der Waals surface area contributed by atoms with Crippen molar-refractivity contribution in [3.8, 4) is 0 Å². The summed E-state index contributed by atoms with van der Waals surface area (Å²) >= 11 is 0. The van der Waals surface area contributed by atoms with Gasteiger partial charge in [0.15, 0.2) is 0 Å². The first-order valence-corrected chi connectivity index (χ1v) is 7.49. The fourth-order valence-electron chi connectivity index (χ4n) is 2.59. The van der Waals surface area contributed by atoms with Crippen molar-refractivity contribution in [2.45, 2.75) is 72.6 Å². The third-order valence-corrected chi connectivity index (χ3v) is 3.58. The van der Waals surface area contributed by atoms with Gasteiger partial charge in [-0.3, -0.25) is 0 Å². The zero-order chi connectivity index (χ0) is 13.1. The van der Waals surface area contributed by atoms with Crippen molar-refractivity contribution in [3.63, 3.8) is 0 Å². The van der Waals surface area contributed by atoms with Crippen LogP contribution in [0, 0.1) is 11.8 Å². The van der Waals surface area contributed by atoms with Gasteiger partial charge in [0.2, 0.25) is 0 Å². The lowest BCUT2D eigenvalue weighted by Crippen LogP contribution is -2.06. The topological polar surface area (TPSA) is 0 Å². The SMILES string of the molecule is C=CC(=CCC(C)CC(CCC)CCC)CC. The van der Waals surface area contributed by atoms with Gasteiger partial charge >= 0.3 is 0 Å². The van der Waals surface area contributed by atoms with Crippen LogP contribution < -0.4 is 0 Å². The summed E-state index contributed by atoms with van der Waals surface area (Å²) in [6, 6.07) is 0. The highest BCUT2D eigenvalue weighted by atomic mass is 14.2. The molecule has 0 aliphatic carbocycles. The summed E-state index contributed by atoms with van der Waals surface area (Å²) in [7, 11) is 0. The summed E-state index contributed by atoms with van der Waals surface area (Å²) < 4.78 is 0. The number of allylic oxidation sites excluding steroid dienone is 3. The second kappa shape index (κ2) is 10.6. The molecular weight excluding hydrogens is 204 g/mol. The predicted octanol–water partition coefficient (Wildman–Crippen LogP) is 6.14. The maximum Gasteiger partial charge on any atom is -0.0311 e. The maximum atomic E-state index is 3.86. The molecule has 0 fully saturated rings.